The number of rotatable bonds is 3. The van der Waals surface area contributed by atoms with Crippen molar-refractivity contribution >= 4 is 50.1 Å². The summed E-state index contributed by atoms with van der Waals surface area (Å²) in [5, 5.41) is 11.2. The highest BCUT2D eigenvalue weighted by molar-refractivity contribution is 7.55. The quantitative estimate of drug-likeness (QED) is 0.141. The molecule has 4 aromatic heterocycles. The van der Waals surface area contributed by atoms with Gasteiger partial charge >= 0.3 is 16.0 Å². The van der Waals surface area contributed by atoms with Gasteiger partial charge in [0.15, 0.2) is 35.0 Å². The fourth-order valence-corrected chi connectivity index (χ4v) is 7.44. The molecule has 8 N–H and O–H groups in total. The topological polar surface area (TPSA) is 302 Å². The van der Waals surface area contributed by atoms with Gasteiger partial charge in [-0.1, -0.05) is 0 Å². The highest BCUT2D eigenvalue weighted by Gasteiger charge is 2.58. The van der Waals surface area contributed by atoms with Gasteiger partial charge in [-0.05, 0) is 0 Å². The van der Waals surface area contributed by atoms with Gasteiger partial charge in [-0.25, -0.2) is 24.5 Å². The van der Waals surface area contributed by atoms with Gasteiger partial charge in [-0.15, -0.1) is 4.52 Å². The maximum atomic E-state index is 13.1. The Hall–Kier alpha value is -3.24. The molecule has 9 atom stereocenters. The number of ether oxygens (including phenoxy) is 2. The standard InChI is InChI=1S/C21H26N10O12P2/c1-37-45(36)39-3-9-8(2-11(40-9)30-6-26-12-16(22)24-5-25-17(12)30)42-44(34,35)38-4-10-14(32)15(43-45)20(41-10)31-7-27-13-18(31)28-21(23)29-19(13)33/h5-11,14-15,20,32,36H,2-4H2,1H3,(H5-,22,23,24,25,28,29,33,34,35)/p+1/t8-,9?,10?,11-,14?,15?,20?,45?/m1/s1. The number of nitrogens with one attached hydrogen (secondary N) is 1. The summed E-state index contributed by atoms with van der Waals surface area (Å²) < 4.78 is 55.4. The van der Waals surface area contributed by atoms with Crippen LogP contribution >= 0.6 is 16.0 Å². The van der Waals surface area contributed by atoms with Gasteiger partial charge in [-0.3, -0.25) is 28.0 Å². The molecule has 0 aliphatic carbocycles. The predicted molar refractivity (Wildman–Crippen MR) is 148 cm³/mol. The summed E-state index contributed by atoms with van der Waals surface area (Å²) in [6, 6.07) is 0. The summed E-state index contributed by atoms with van der Waals surface area (Å²) in [6.07, 6.45) is -4.87. The van der Waals surface area contributed by atoms with E-state index in [-0.39, 0.29) is 29.4 Å². The predicted octanol–water partition coefficient (Wildman–Crippen LogP) is -1.10. The van der Waals surface area contributed by atoms with Crippen molar-refractivity contribution in [1.82, 2.24) is 39.0 Å². The van der Waals surface area contributed by atoms with Crippen molar-refractivity contribution < 1.29 is 51.6 Å². The lowest BCUT2D eigenvalue weighted by Gasteiger charge is -2.24. The number of nitrogens with two attached hydrogens (primary N) is 2. The molecule has 3 aliphatic rings. The van der Waals surface area contributed by atoms with Crippen LogP contribution in [0.15, 0.2) is 23.8 Å². The van der Waals surface area contributed by atoms with E-state index in [1.807, 2.05) is 0 Å². The molecule has 3 fully saturated rings. The van der Waals surface area contributed by atoms with Crippen molar-refractivity contribution in [2.45, 2.75) is 49.4 Å². The van der Waals surface area contributed by atoms with E-state index in [0.717, 1.165) is 7.11 Å². The summed E-state index contributed by atoms with van der Waals surface area (Å²) in [5.74, 6) is -0.0785. The Morgan fingerprint density at radius 2 is 1.84 bits per heavy atom. The largest absolute Gasteiger partial charge is 0.572 e. The molecule has 24 heteroatoms. The number of phosphoric ester groups is 1. The normalized spacial score (nSPS) is 36.0. The first-order valence-corrected chi connectivity index (χ1v) is 16.2. The number of hydrogen-bond donors (Lipinski definition) is 6. The number of anilines is 2. The van der Waals surface area contributed by atoms with Crippen molar-refractivity contribution in [2.75, 3.05) is 31.8 Å². The minimum Gasteiger partial charge on any atom is -0.387 e. The number of aliphatic hydroxyl groups is 1. The number of fused-ring (bicyclic) bond motifs is 5. The van der Waals surface area contributed by atoms with Crippen LogP contribution in [0.4, 0.5) is 11.8 Å². The van der Waals surface area contributed by atoms with Gasteiger partial charge in [0.05, 0.1) is 26.4 Å². The monoisotopic (exact) mass is 673 g/mol. The molecule has 2 bridgehead atoms. The molecule has 22 nitrogen and oxygen atoms in total. The molecule has 45 heavy (non-hydrogen) atoms. The van der Waals surface area contributed by atoms with Crippen LogP contribution in [0, 0.1) is 0 Å². The highest BCUT2D eigenvalue weighted by atomic mass is 31.2. The van der Waals surface area contributed by atoms with Crippen molar-refractivity contribution in [3.63, 3.8) is 0 Å². The van der Waals surface area contributed by atoms with Crippen LogP contribution in [0.5, 0.6) is 0 Å². The lowest BCUT2D eigenvalue weighted by molar-refractivity contribution is -0.0730. The third kappa shape index (κ3) is 5.47. The summed E-state index contributed by atoms with van der Waals surface area (Å²) >= 11 is 0. The molecule has 0 radical (unpaired) electrons. The molecule has 7 heterocycles. The van der Waals surface area contributed by atoms with Crippen molar-refractivity contribution in [3.8, 4) is 0 Å². The molecule has 3 saturated heterocycles. The molecule has 0 saturated carbocycles. The molecule has 242 valence electrons. The second kappa shape index (κ2) is 11.2. The van der Waals surface area contributed by atoms with Gasteiger partial charge in [0.2, 0.25) is 5.95 Å². The fraction of sp³-hybridized carbons (Fsp3) is 0.524. The molecule has 4 aromatic rings. The number of H-pyrrole nitrogens is 1. The molecular formula is C21H27N10O12P2+. The first kappa shape index (κ1) is 30.4. The smallest absolute Gasteiger partial charge is 0.387 e. The van der Waals surface area contributed by atoms with Crippen molar-refractivity contribution in [1.29, 1.82) is 0 Å². The number of aromatic amines is 1. The van der Waals surface area contributed by atoms with Gasteiger partial charge < -0.3 is 30.9 Å². The minimum absolute atomic E-state index is 0.00175. The van der Waals surface area contributed by atoms with Gasteiger partial charge in [0.1, 0.15) is 49.1 Å². The van der Waals surface area contributed by atoms with Crippen molar-refractivity contribution in [3.05, 3.63) is 29.3 Å². The SMILES string of the molecule is CO[P+]1(O)OCC2O[C@@H](n3cnc4c(N)ncnc43)C[C@H]2OP(=O)(O)OCC2OC(n3cnc4c(=O)[nH]c(N)nc43)C(O1)C2O. The fourth-order valence-electron chi connectivity index (χ4n) is 5.35. The zero-order chi connectivity index (χ0) is 31.7. The number of nitrogen functional groups attached to an aromatic ring is 2. The van der Waals surface area contributed by atoms with E-state index >= 15 is 0 Å². The second-order valence-corrected chi connectivity index (χ2v) is 13.4. The molecule has 3 aliphatic heterocycles. The van der Waals surface area contributed by atoms with E-state index in [4.69, 9.17) is 43.6 Å². The number of aliphatic hydroxyl groups excluding tert-OH is 1. The molecule has 7 unspecified atom stereocenters. The first-order valence-electron chi connectivity index (χ1n) is 13.3. The molecule has 0 spiro atoms. The Balaban J connectivity index is 1.20. The summed E-state index contributed by atoms with van der Waals surface area (Å²) in [4.78, 5) is 57.1. The Labute approximate surface area is 251 Å². The average molecular weight is 673 g/mol. The first-order chi connectivity index (χ1) is 21.4. The number of nitrogens with zero attached hydrogens (tertiary/aromatic N) is 7. The van der Waals surface area contributed by atoms with E-state index in [9.17, 15) is 24.3 Å². The zero-order valence-electron chi connectivity index (χ0n) is 23.1. The Kier molecular flexibility index (Phi) is 7.59. The third-order valence-electron chi connectivity index (χ3n) is 7.47. The van der Waals surface area contributed by atoms with Crippen LogP contribution < -0.4 is 17.0 Å². The Morgan fingerprint density at radius 3 is 2.64 bits per heavy atom. The van der Waals surface area contributed by atoms with Crippen LogP contribution in [0.3, 0.4) is 0 Å². The Bertz CT molecular complexity index is 1860. The van der Waals surface area contributed by atoms with E-state index in [1.54, 1.807) is 4.57 Å². The van der Waals surface area contributed by atoms with E-state index in [2.05, 4.69) is 29.9 Å². The third-order valence-corrected chi connectivity index (χ3v) is 9.93. The number of phosphoric acid groups is 1. The van der Waals surface area contributed by atoms with E-state index < -0.39 is 77.7 Å². The van der Waals surface area contributed by atoms with Gasteiger partial charge in [0.25, 0.3) is 5.56 Å². The molecule has 7 rings (SSSR count). The van der Waals surface area contributed by atoms with Crippen LogP contribution in [-0.4, -0.2) is 105 Å². The summed E-state index contributed by atoms with van der Waals surface area (Å²) in [7, 11) is -7.98. The van der Waals surface area contributed by atoms with Gasteiger partial charge in [0, 0.05) is 6.42 Å². The number of aromatic nitrogens is 8. The van der Waals surface area contributed by atoms with Crippen LogP contribution in [0.2, 0.25) is 0 Å². The summed E-state index contributed by atoms with van der Waals surface area (Å²) in [6.45, 7) is -1.13. The number of hydrogen-bond acceptors (Lipinski definition) is 18. The van der Waals surface area contributed by atoms with Crippen LogP contribution in [0.1, 0.15) is 18.9 Å². The van der Waals surface area contributed by atoms with E-state index in [1.165, 1.54) is 23.5 Å². The average Bonchev–Trinajstić information content (AvgIpc) is 3.76. The van der Waals surface area contributed by atoms with Crippen molar-refractivity contribution in [2.24, 2.45) is 0 Å². The van der Waals surface area contributed by atoms with Crippen LogP contribution in [-0.2, 0) is 36.7 Å². The maximum Gasteiger partial charge on any atom is 0.572 e. The molecular weight excluding hydrogens is 646 g/mol. The molecule has 0 aromatic carbocycles. The lowest BCUT2D eigenvalue weighted by Crippen LogP contribution is -2.36. The Morgan fingerprint density at radius 1 is 1.07 bits per heavy atom. The maximum absolute atomic E-state index is 13.1. The number of imidazole rings is 2. The minimum atomic E-state index is -4.83. The van der Waals surface area contributed by atoms with Gasteiger partial charge in [-0.2, -0.15) is 18.9 Å². The van der Waals surface area contributed by atoms with Crippen LogP contribution in [0.25, 0.3) is 22.3 Å². The lowest BCUT2D eigenvalue weighted by atomic mass is 10.1. The summed E-state index contributed by atoms with van der Waals surface area (Å²) in [5.41, 5.74) is 11.5. The highest BCUT2D eigenvalue weighted by Crippen LogP contribution is 2.61. The zero-order valence-corrected chi connectivity index (χ0v) is 24.9. The van der Waals surface area contributed by atoms with E-state index in [0.29, 0.717) is 11.2 Å². The second-order valence-electron chi connectivity index (χ2n) is 10.2. The molecule has 0 amide bonds.